The Labute approximate surface area is 90.8 Å². The molecule has 0 aliphatic carbocycles. The van der Waals surface area contributed by atoms with Crippen LogP contribution in [0.1, 0.15) is 17.7 Å². The first-order valence-corrected chi connectivity index (χ1v) is 5.33. The Kier molecular flexibility index (Phi) is 3.82. The summed E-state index contributed by atoms with van der Waals surface area (Å²) in [6, 6.07) is 1.45. The van der Waals surface area contributed by atoms with E-state index in [0.717, 1.165) is 3.57 Å². The topological polar surface area (TPSA) is 12.9 Å². The molecule has 5 heteroatoms. The van der Waals surface area contributed by atoms with Gasteiger partial charge in [0.25, 0.3) is 6.43 Å². The third-order valence-electron chi connectivity index (χ3n) is 1.33. The van der Waals surface area contributed by atoms with E-state index >= 15 is 0 Å². The Bertz CT molecular complexity index is 280. The molecule has 0 radical (unpaired) electrons. The molecule has 0 saturated heterocycles. The SMILES string of the molecule is FC(F)c1cc(I)cnc1CBr. The van der Waals surface area contributed by atoms with Crippen LogP contribution >= 0.6 is 38.5 Å². The Morgan fingerprint density at radius 3 is 2.75 bits per heavy atom. The zero-order valence-corrected chi connectivity index (χ0v) is 9.64. The number of hydrogen-bond donors (Lipinski definition) is 0. The van der Waals surface area contributed by atoms with E-state index < -0.39 is 6.43 Å². The molecule has 12 heavy (non-hydrogen) atoms. The average molecular weight is 348 g/mol. The van der Waals surface area contributed by atoms with Gasteiger partial charge in [-0.3, -0.25) is 4.98 Å². The van der Waals surface area contributed by atoms with Crippen LogP contribution in [0.4, 0.5) is 8.78 Å². The van der Waals surface area contributed by atoms with E-state index in [1.54, 1.807) is 6.20 Å². The van der Waals surface area contributed by atoms with Crippen LogP contribution in [0.2, 0.25) is 0 Å². The van der Waals surface area contributed by atoms with Crippen molar-refractivity contribution in [3.63, 3.8) is 0 Å². The van der Waals surface area contributed by atoms with Gasteiger partial charge in [-0.05, 0) is 28.7 Å². The van der Waals surface area contributed by atoms with Crippen molar-refractivity contribution in [2.75, 3.05) is 0 Å². The van der Waals surface area contributed by atoms with Gasteiger partial charge >= 0.3 is 0 Å². The molecule has 0 amide bonds. The molecular weight excluding hydrogens is 343 g/mol. The van der Waals surface area contributed by atoms with E-state index in [9.17, 15) is 8.78 Å². The van der Waals surface area contributed by atoms with Crippen LogP contribution in [0.25, 0.3) is 0 Å². The number of halogens is 4. The molecule has 0 aliphatic rings. The lowest BCUT2D eigenvalue weighted by Gasteiger charge is -2.04. The second-order valence-corrected chi connectivity index (χ2v) is 3.93. The first-order chi connectivity index (χ1) is 5.65. The second kappa shape index (κ2) is 4.45. The second-order valence-electron chi connectivity index (χ2n) is 2.12. The van der Waals surface area contributed by atoms with E-state index in [1.807, 2.05) is 22.6 Å². The van der Waals surface area contributed by atoms with Crippen LogP contribution in [-0.2, 0) is 5.33 Å². The monoisotopic (exact) mass is 347 g/mol. The number of alkyl halides is 3. The summed E-state index contributed by atoms with van der Waals surface area (Å²) >= 11 is 5.06. The van der Waals surface area contributed by atoms with Crippen molar-refractivity contribution < 1.29 is 8.78 Å². The van der Waals surface area contributed by atoms with E-state index in [0.29, 0.717) is 11.0 Å². The average Bonchev–Trinajstić information content (AvgIpc) is 2.04. The third-order valence-corrected chi connectivity index (χ3v) is 2.45. The summed E-state index contributed by atoms with van der Waals surface area (Å²) in [7, 11) is 0. The molecule has 0 unspecified atom stereocenters. The Balaban J connectivity index is 3.12. The summed E-state index contributed by atoms with van der Waals surface area (Å²) in [5.41, 5.74) is 0.421. The molecule has 0 atom stereocenters. The van der Waals surface area contributed by atoms with Gasteiger partial charge in [-0.1, -0.05) is 15.9 Å². The summed E-state index contributed by atoms with van der Waals surface area (Å²) in [5, 5.41) is 0.365. The smallest absolute Gasteiger partial charge is 0.259 e. The maximum atomic E-state index is 12.3. The van der Waals surface area contributed by atoms with Crippen molar-refractivity contribution in [1.29, 1.82) is 0 Å². The lowest BCUT2D eigenvalue weighted by Crippen LogP contribution is -1.96. The van der Waals surface area contributed by atoms with Crippen LogP contribution in [0.3, 0.4) is 0 Å². The molecule has 0 spiro atoms. The lowest BCUT2D eigenvalue weighted by molar-refractivity contribution is 0.150. The molecule has 0 aromatic carbocycles. The molecule has 0 saturated carbocycles. The number of nitrogens with zero attached hydrogens (tertiary/aromatic N) is 1. The zero-order valence-electron chi connectivity index (χ0n) is 5.90. The largest absolute Gasteiger partial charge is 0.265 e. The minimum Gasteiger partial charge on any atom is -0.259 e. The highest BCUT2D eigenvalue weighted by Crippen LogP contribution is 2.24. The highest BCUT2D eigenvalue weighted by molar-refractivity contribution is 14.1. The van der Waals surface area contributed by atoms with Gasteiger partial charge in [0, 0.05) is 20.7 Å². The van der Waals surface area contributed by atoms with E-state index in [2.05, 4.69) is 20.9 Å². The Hall–Kier alpha value is 0.220. The first kappa shape index (κ1) is 10.3. The molecule has 0 fully saturated rings. The third kappa shape index (κ3) is 2.35. The zero-order chi connectivity index (χ0) is 9.14. The van der Waals surface area contributed by atoms with Crippen LogP contribution < -0.4 is 0 Å². The molecule has 0 bridgehead atoms. The van der Waals surface area contributed by atoms with Crippen LogP contribution in [0.5, 0.6) is 0 Å². The molecule has 1 nitrogen and oxygen atoms in total. The molecule has 1 heterocycles. The summed E-state index contributed by atoms with van der Waals surface area (Å²) in [6.45, 7) is 0. The fourth-order valence-corrected chi connectivity index (χ4v) is 1.73. The Morgan fingerprint density at radius 2 is 2.25 bits per heavy atom. The highest BCUT2D eigenvalue weighted by Gasteiger charge is 2.13. The normalized spacial score (nSPS) is 10.8. The van der Waals surface area contributed by atoms with Gasteiger partial charge in [0.2, 0.25) is 0 Å². The Morgan fingerprint density at radius 1 is 1.58 bits per heavy atom. The van der Waals surface area contributed by atoms with Gasteiger partial charge in [0.05, 0.1) is 5.69 Å². The van der Waals surface area contributed by atoms with Crippen molar-refractivity contribution in [3.8, 4) is 0 Å². The van der Waals surface area contributed by atoms with Crippen LogP contribution in [-0.4, -0.2) is 4.98 Å². The van der Waals surface area contributed by atoms with Crippen molar-refractivity contribution in [2.45, 2.75) is 11.8 Å². The minimum absolute atomic E-state index is 0.0128. The summed E-state index contributed by atoms with van der Waals surface area (Å²) in [4.78, 5) is 3.88. The van der Waals surface area contributed by atoms with Crippen molar-refractivity contribution in [2.24, 2.45) is 0 Å². The first-order valence-electron chi connectivity index (χ1n) is 3.13. The molecule has 1 aromatic rings. The van der Waals surface area contributed by atoms with E-state index in [1.165, 1.54) is 6.07 Å². The standard InChI is InChI=1S/C7H5BrF2IN/c8-2-6-5(7(9)10)1-4(11)3-12-6/h1,3,7H,2H2. The van der Waals surface area contributed by atoms with Gasteiger partial charge < -0.3 is 0 Å². The van der Waals surface area contributed by atoms with Crippen LogP contribution in [0, 0.1) is 3.57 Å². The predicted octanol–water partition coefficient (Wildman–Crippen LogP) is 3.52. The quantitative estimate of drug-likeness (QED) is 0.589. The fourth-order valence-electron chi connectivity index (χ4n) is 0.784. The predicted molar refractivity (Wildman–Crippen MR) is 54.5 cm³/mol. The fraction of sp³-hybridized carbons (Fsp3) is 0.286. The molecular formula is C7H5BrF2IN. The van der Waals surface area contributed by atoms with E-state index in [4.69, 9.17) is 0 Å². The molecule has 0 aliphatic heterocycles. The van der Waals surface area contributed by atoms with E-state index in [-0.39, 0.29) is 5.56 Å². The maximum Gasteiger partial charge on any atom is 0.265 e. The van der Waals surface area contributed by atoms with Crippen molar-refractivity contribution >= 4 is 38.5 Å². The van der Waals surface area contributed by atoms with Gasteiger partial charge in [0.15, 0.2) is 0 Å². The van der Waals surface area contributed by atoms with Gasteiger partial charge in [0.1, 0.15) is 0 Å². The summed E-state index contributed by atoms with van der Waals surface area (Å²) in [6.07, 6.45) is -0.872. The van der Waals surface area contributed by atoms with Gasteiger partial charge in [-0.2, -0.15) is 0 Å². The van der Waals surface area contributed by atoms with Gasteiger partial charge in [-0.15, -0.1) is 0 Å². The number of pyridine rings is 1. The van der Waals surface area contributed by atoms with Crippen LogP contribution in [0.15, 0.2) is 12.3 Å². The van der Waals surface area contributed by atoms with Gasteiger partial charge in [-0.25, -0.2) is 8.78 Å². The summed E-state index contributed by atoms with van der Waals surface area (Å²) in [5.74, 6) is 0. The number of rotatable bonds is 2. The molecule has 0 N–H and O–H groups in total. The van der Waals surface area contributed by atoms with Crippen molar-refractivity contribution in [3.05, 3.63) is 27.1 Å². The summed E-state index contributed by atoms with van der Waals surface area (Å²) < 4.78 is 25.4. The highest BCUT2D eigenvalue weighted by atomic mass is 127. The lowest BCUT2D eigenvalue weighted by atomic mass is 10.2. The number of hydrogen-bond acceptors (Lipinski definition) is 1. The maximum absolute atomic E-state index is 12.3. The molecule has 1 rings (SSSR count). The van der Waals surface area contributed by atoms with Crippen molar-refractivity contribution in [1.82, 2.24) is 4.98 Å². The number of aromatic nitrogens is 1. The molecule has 66 valence electrons. The minimum atomic E-state index is -2.44. The molecule has 1 aromatic heterocycles.